The first kappa shape index (κ1) is 27.3. The first-order chi connectivity index (χ1) is 18.3. The zero-order chi connectivity index (χ0) is 27.4. The molecule has 4 rings (SSSR count). The molecule has 0 amide bonds. The summed E-state index contributed by atoms with van der Waals surface area (Å²) in [5, 5.41) is 0.337. The number of hydrogen-bond acceptors (Lipinski definition) is 6. The second-order valence-corrected chi connectivity index (χ2v) is 9.13. The van der Waals surface area contributed by atoms with Crippen LogP contribution in [0.3, 0.4) is 0 Å². The highest BCUT2D eigenvalue weighted by molar-refractivity contribution is 6.19. The fourth-order valence-electron chi connectivity index (χ4n) is 5.54. The van der Waals surface area contributed by atoms with Crippen LogP contribution in [0.15, 0.2) is 42.5 Å². The lowest BCUT2D eigenvalue weighted by molar-refractivity contribution is -0.186. The Bertz CT molecular complexity index is 1300. The number of fused-ring (bicyclic) bond motifs is 3. The zero-order valence-corrected chi connectivity index (χ0v) is 21.7. The maximum Gasteiger partial charge on any atom is 0.335 e. The van der Waals surface area contributed by atoms with E-state index in [1.165, 1.54) is 6.07 Å². The lowest BCUT2D eigenvalue weighted by atomic mass is 9.67. The zero-order valence-electron chi connectivity index (χ0n) is 21.7. The van der Waals surface area contributed by atoms with Crippen molar-refractivity contribution in [1.82, 2.24) is 4.57 Å². The summed E-state index contributed by atoms with van der Waals surface area (Å²) in [7, 11) is 0. The maximum atomic E-state index is 15.4. The summed E-state index contributed by atoms with van der Waals surface area (Å²) in [5.74, 6) is -5.88. The molecule has 0 radical (unpaired) electrons. The van der Waals surface area contributed by atoms with Crippen molar-refractivity contribution < 1.29 is 37.4 Å². The monoisotopic (exact) mass is 527 g/mol. The average molecular weight is 528 g/mol. The molecule has 0 fully saturated rings. The predicted octanol–water partition coefficient (Wildman–Crippen LogP) is 5.06. The van der Waals surface area contributed by atoms with E-state index in [-0.39, 0.29) is 38.3 Å². The molecule has 1 aromatic heterocycles. The summed E-state index contributed by atoms with van der Waals surface area (Å²) in [6, 6.07) is 11.3. The molecule has 38 heavy (non-hydrogen) atoms. The molecule has 9 heteroatoms. The van der Waals surface area contributed by atoms with Gasteiger partial charge in [-0.1, -0.05) is 30.3 Å². The van der Waals surface area contributed by atoms with Crippen LogP contribution in [0.1, 0.15) is 56.4 Å². The lowest BCUT2D eigenvalue weighted by Crippen LogP contribution is -2.54. The highest BCUT2D eigenvalue weighted by Crippen LogP contribution is 2.50. The first-order valence-electron chi connectivity index (χ1n) is 12.9. The van der Waals surface area contributed by atoms with Crippen molar-refractivity contribution >= 4 is 28.8 Å². The van der Waals surface area contributed by atoms with Crippen molar-refractivity contribution in [3.05, 3.63) is 70.9 Å². The van der Waals surface area contributed by atoms with E-state index in [1.54, 1.807) is 25.3 Å². The number of rotatable bonds is 9. The summed E-state index contributed by atoms with van der Waals surface area (Å²) in [6.07, 6.45) is 1.12. The third-order valence-corrected chi connectivity index (χ3v) is 6.97. The van der Waals surface area contributed by atoms with Crippen LogP contribution in [0.4, 0.5) is 8.78 Å². The Kier molecular flexibility index (Phi) is 8.14. The SMILES string of the molecule is CCOC(=O)C(C(=O)OCC)(C(=O)OCC)[C@H]1CCCc2c1n(Cc1ccccc1)c1c(F)cc(F)cc21. The van der Waals surface area contributed by atoms with Gasteiger partial charge in [0.05, 0.1) is 25.3 Å². The third kappa shape index (κ3) is 4.54. The minimum Gasteiger partial charge on any atom is -0.465 e. The van der Waals surface area contributed by atoms with Crippen LogP contribution in [0.5, 0.6) is 0 Å². The summed E-state index contributed by atoms with van der Waals surface area (Å²) in [6.45, 7) is 4.58. The lowest BCUT2D eigenvalue weighted by Gasteiger charge is -2.37. The number of nitrogens with zero attached hydrogens (tertiary/aromatic N) is 1. The van der Waals surface area contributed by atoms with Crippen LogP contribution in [0, 0.1) is 17.0 Å². The summed E-state index contributed by atoms with van der Waals surface area (Å²) >= 11 is 0. The van der Waals surface area contributed by atoms with Gasteiger partial charge in [0, 0.05) is 29.6 Å². The maximum absolute atomic E-state index is 15.4. The average Bonchev–Trinajstić information content (AvgIpc) is 3.19. The molecule has 2 aromatic carbocycles. The van der Waals surface area contributed by atoms with E-state index in [1.807, 2.05) is 30.3 Å². The van der Waals surface area contributed by atoms with Gasteiger partial charge >= 0.3 is 17.9 Å². The smallest absolute Gasteiger partial charge is 0.335 e. The predicted molar refractivity (Wildman–Crippen MR) is 135 cm³/mol. The molecule has 0 bridgehead atoms. The summed E-state index contributed by atoms with van der Waals surface area (Å²) in [4.78, 5) is 40.9. The van der Waals surface area contributed by atoms with E-state index >= 15 is 4.39 Å². The van der Waals surface area contributed by atoms with Gasteiger partial charge in [-0.05, 0) is 57.2 Å². The minimum absolute atomic E-state index is 0.0915. The number of carbonyl (C=O) groups excluding carboxylic acids is 3. The van der Waals surface area contributed by atoms with Gasteiger partial charge in [-0.15, -0.1) is 0 Å². The number of carbonyl (C=O) groups is 3. The van der Waals surface area contributed by atoms with E-state index in [0.29, 0.717) is 29.5 Å². The first-order valence-corrected chi connectivity index (χ1v) is 12.9. The molecule has 0 saturated heterocycles. The molecule has 0 saturated carbocycles. The van der Waals surface area contributed by atoms with Crippen LogP contribution in [0.25, 0.3) is 10.9 Å². The van der Waals surface area contributed by atoms with E-state index in [2.05, 4.69) is 0 Å². The van der Waals surface area contributed by atoms with Crippen LogP contribution < -0.4 is 0 Å². The third-order valence-electron chi connectivity index (χ3n) is 6.97. The molecule has 202 valence electrons. The van der Waals surface area contributed by atoms with Gasteiger partial charge in [-0.3, -0.25) is 14.4 Å². The number of esters is 3. The Morgan fingerprint density at radius 3 is 2.05 bits per heavy atom. The summed E-state index contributed by atoms with van der Waals surface area (Å²) < 4.78 is 47.4. The van der Waals surface area contributed by atoms with Crippen molar-refractivity contribution in [2.75, 3.05) is 19.8 Å². The molecular formula is C29H31F2NO6. The van der Waals surface area contributed by atoms with Crippen LogP contribution >= 0.6 is 0 Å². The molecule has 1 heterocycles. The highest BCUT2D eigenvalue weighted by Gasteiger charge is 2.64. The van der Waals surface area contributed by atoms with E-state index in [0.717, 1.165) is 11.6 Å². The van der Waals surface area contributed by atoms with E-state index in [4.69, 9.17) is 14.2 Å². The van der Waals surface area contributed by atoms with Crippen molar-refractivity contribution in [3.63, 3.8) is 0 Å². The van der Waals surface area contributed by atoms with Gasteiger partial charge in [0.1, 0.15) is 11.6 Å². The number of halogens is 2. The second-order valence-electron chi connectivity index (χ2n) is 9.13. The standard InChI is InChI=1S/C29H31F2NO6/c1-4-36-26(33)29(27(34)37-5-2,28(35)38-6-3)22-14-10-13-20-21-15-19(30)16-23(31)25(21)32(24(20)22)17-18-11-8-7-9-12-18/h7-9,11-12,15-16,22H,4-6,10,13-14,17H2,1-3H3/t22-/m0/s1. The quantitative estimate of drug-likeness (QED) is 0.220. The molecule has 0 unspecified atom stereocenters. The minimum atomic E-state index is -2.48. The molecule has 0 spiro atoms. The van der Waals surface area contributed by atoms with Crippen LogP contribution in [-0.4, -0.2) is 42.3 Å². The second kappa shape index (κ2) is 11.3. The van der Waals surface area contributed by atoms with Crippen LogP contribution in [0.2, 0.25) is 0 Å². The Hall–Kier alpha value is -3.75. The van der Waals surface area contributed by atoms with Gasteiger partial charge in [-0.2, -0.15) is 0 Å². The van der Waals surface area contributed by atoms with Gasteiger partial charge in [0.25, 0.3) is 5.41 Å². The molecule has 7 nitrogen and oxygen atoms in total. The molecule has 0 aliphatic heterocycles. The Morgan fingerprint density at radius 2 is 1.50 bits per heavy atom. The number of hydrogen-bond donors (Lipinski definition) is 0. The number of aromatic nitrogens is 1. The number of benzene rings is 2. The topological polar surface area (TPSA) is 83.8 Å². The van der Waals surface area contributed by atoms with Gasteiger partial charge in [0.15, 0.2) is 0 Å². The molecule has 1 aliphatic carbocycles. The Labute approximate surface area is 219 Å². The molecule has 1 atom stereocenters. The van der Waals surface area contributed by atoms with Gasteiger partial charge < -0.3 is 18.8 Å². The number of ether oxygens (including phenoxy) is 3. The number of aryl methyl sites for hydroxylation is 1. The van der Waals surface area contributed by atoms with E-state index in [9.17, 15) is 18.8 Å². The van der Waals surface area contributed by atoms with Crippen molar-refractivity contribution in [3.8, 4) is 0 Å². The highest BCUT2D eigenvalue weighted by atomic mass is 19.1. The van der Waals surface area contributed by atoms with Crippen LogP contribution in [-0.2, 0) is 41.6 Å². The molecular weight excluding hydrogens is 496 g/mol. The molecule has 0 N–H and O–H groups in total. The Morgan fingerprint density at radius 1 is 0.921 bits per heavy atom. The Balaban J connectivity index is 2.08. The van der Waals surface area contributed by atoms with E-state index < -0.39 is 40.9 Å². The van der Waals surface area contributed by atoms with Crippen molar-refractivity contribution in [2.45, 2.75) is 52.5 Å². The fraction of sp³-hybridized carbons (Fsp3) is 0.414. The summed E-state index contributed by atoms with van der Waals surface area (Å²) in [5.41, 5.74) is -0.553. The van der Waals surface area contributed by atoms with Gasteiger partial charge in [-0.25, -0.2) is 8.78 Å². The van der Waals surface area contributed by atoms with Crippen molar-refractivity contribution in [2.24, 2.45) is 5.41 Å². The molecule has 3 aromatic rings. The largest absolute Gasteiger partial charge is 0.465 e. The normalized spacial score (nSPS) is 15.1. The molecule has 1 aliphatic rings. The fourth-order valence-corrected chi connectivity index (χ4v) is 5.54. The van der Waals surface area contributed by atoms with Gasteiger partial charge in [0.2, 0.25) is 0 Å². The van der Waals surface area contributed by atoms with Crippen molar-refractivity contribution in [1.29, 1.82) is 0 Å².